The number of carboxylic acids is 1. The number of amides is 1. The third-order valence-corrected chi connectivity index (χ3v) is 6.97. The van der Waals surface area contributed by atoms with E-state index in [2.05, 4.69) is 27.8 Å². The summed E-state index contributed by atoms with van der Waals surface area (Å²) in [6.45, 7) is 1.23. The molecule has 1 aliphatic carbocycles. The van der Waals surface area contributed by atoms with E-state index >= 15 is 0 Å². The summed E-state index contributed by atoms with van der Waals surface area (Å²) in [6, 6.07) is 3.21. The fourth-order valence-electron chi connectivity index (χ4n) is 4.37. The maximum absolute atomic E-state index is 12.5. The minimum atomic E-state index is -1.14. The van der Waals surface area contributed by atoms with Crippen LogP contribution in [0.3, 0.4) is 0 Å². The predicted octanol–water partition coefficient (Wildman–Crippen LogP) is 4.14. The molecular weight excluding hydrogens is 479 g/mol. The van der Waals surface area contributed by atoms with Gasteiger partial charge in [0, 0.05) is 37.7 Å². The van der Waals surface area contributed by atoms with Crippen LogP contribution in [0.15, 0.2) is 24.5 Å². The molecule has 1 saturated carbocycles. The first-order valence-electron chi connectivity index (χ1n) is 11.6. The van der Waals surface area contributed by atoms with Crippen molar-refractivity contribution in [1.82, 2.24) is 15.3 Å². The van der Waals surface area contributed by atoms with Crippen LogP contribution >= 0.6 is 23.2 Å². The van der Waals surface area contributed by atoms with Crippen LogP contribution in [0.5, 0.6) is 0 Å². The number of carbonyl (C=O) groups excluding carboxylic acids is 1. The maximum atomic E-state index is 12.5. The van der Waals surface area contributed by atoms with Gasteiger partial charge in [-0.2, -0.15) is 0 Å². The lowest BCUT2D eigenvalue weighted by atomic mass is 9.79. The van der Waals surface area contributed by atoms with Crippen LogP contribution in [0.4, 0.5) is 5.82 Å². The standard InChI is InChI=1S/C24H28Cl2N4O4/c25-18-12-27-13-19(26)21(18)23(31)30-20(24(32)33)7-9-34-17-10-14(11-17)3-5-16-6-4-15-2-1-8-28-22(15)29-16/h4,6,12-14,17,20H,1-3,5,7-11H2,(H,28,29)(H,30,31)(H,32,33)/t14?,17?,20-/m1/s1. The first kappa shape index (κ1) is 24.7. The number of nitrogens with one attached hydrogen (secondary N) is 2. The summed E-state index contributed by atoms with van der Waals surface area (Å²) < 4.78 is 5.85. The van der Waals surface area contributed by atoms with Gasteiger partial charge in [0.2, 0.25) is 0 Å². The first-order valence-corrected chi connectivity index (χ1v) is 12.3. The van der Waals surface area contributed by atoms with Crippen LogP contribution in [0.1, 0.15) is 53.7 Å². The van der Waals surface area contributed by atoms with Crippen LogP contribution in [0, 0.1) is 5.92 Å². The Hall–Kier alpha value is -2.42. The summed E-state index contributed by atoms with van der Waals surface area (Å²) >= 11 is 12.0. The first-order chi connectivity index (χ1) is 16.4. The lowest BCUT2D eigenvalue weighted by Crippen LogP contribution is -2.42. The number of carbonyl (C=O) groups is 2. The molecule has 1 aliphatic heterocycles. The van der Waals surface area contributed by atoms with Crippen molar-refractivity contribution in [3.63, 3.8) is 0 Å². The number of fused-ring (bicyclic) bond motifs is 1. The van der Waals surface area contributed by atoms with Gasteiger partial charge in [-0.1, -0.05) is 29.3 Å². The van der Waals surface area contributed by atoms with Gasteiger partial charge in [-0.3, -0.25) is 9.78 Å². The van der Waals surface area contributed by atoms with E-state index in [1.807, 2.05) is 0 Å². The zero-order valence-corrected chi connectivity index (χ0v) is 20.2. The Labute approximate surface area is 208 Å². The van der Waals surface area contributed by atoms with Gasteiger partial charge in [0.15, 0.2) is 0 Å². The van der Waals surface area contributed by atoms with Gasteiger partial charge in [-0.25, -0.2) is 9.78 Å². The van der Waals surface area contributed by atoms with Gasteiger partial charge in [-0.15, -0.1) is 0 Å². The van der Waals surface area contributed by atoms with E-state index in [1.165, 1.54) is 18.0 Å². The van der Waals surface area contributed by atoms with Gasteiger partial charge < -0.3 is 20.5 Å². The number of pyridine rings is 2. The number of hydrogen-bond acceptors (Lipinski definition) is 6. The van der Waals surface area contributed by atoms with E-state index in [-0.39, 0.29) is 34.7 Å². The SMILES string of the molecule is O=C(N[C@H](CCOC1CC(CCc2ccc3c(n2)NCCC3)C1)C(=O)O)c1c(Cl)cncc1Cl. The van der Waals surface area contributed by atoms with Gasteiger partial charge in [0.1, 0.15) is 11.9 Å². The zero-order chi connectivity index (χ0) is 24.1. The molecule has 3 heterocycles. The van der Waals surface area contributed by atoms with Crippen molar-refractivity contribution in [3.8, 4) is 0 Å². The second kappa shape index (κ2) is 11.3. The molecule has 0 spiro atoms. The molecule has 2 aliphatic rings. The Balaban J connectivity index is 1.17. The van der Waals surface area contributed by atoms with Crippen molar-refractivity contribution in [2.24, 2.45) is 5.92 Å². The quantitative estimate of drug-likeness (QED) is 0.443. The summed E-state index contributed by atoms with van der Waals surface area (Å²) in [5, 5.41) is 15.4. The van der Waals surface area contributed by atoms with E-state index in [0.29, 0.717) is 5.92 Å². The third kappa shape index (κ3) is 6.17. The highest BCUT2D eigenvalue weighted by Crippen LogP contribution is 2.34. The second-order valence-corrected chi connectivity index (χ2v) is 9.66. The molecule has 0 bridgehead atoms. The summed E-state index contributed by atoms with van der Waals surface area (Å²) in [7, 11) is 0. The molecule has 2 aromatic rings. The zero-order valence-electron chi connectivity index (χ0n) is 18.7. The van der Waals surface area contributed by atoms with E-state index in [4.69, 9.17) is 32.9 Å². The molecular formula is C24H28Cl2N4O4. The van der Waals surface area contributed by atoms with Gasteiger partial charge in [-0.05, 0) is 56.1 Å². The molecule has 182 valence electrons. The van der Waals surface area contributed by atoms with Crippen molar-refractivity contribution < 1.29 is 19.4 Å². The van der Waals surface area contributed by atoms with Gasteiger partial charge >= 0.3 is 5.97 Å². The van der Waals surface area contributed by atoms with Gasteiger partial charge in [0.05, 0.1) is 21.7 Å². The number of anilines is 1. The lowest BCUT2D eigenvalue weighted by Gasteiger charge is -2.35. The Kier molecular flexibility index (Phi) is 8.24. The predicted molar refractivity (Wildman–Crippen MR) is 130 cm³/mol. The molecule has 0 radical (unpaired) electrons. The van der Waals surface area contributed by atoms with E-state index in [1.54, 1.807) is 0 Å². The number of aromatic nitrogens is 2. The fraction of sp³-hybridized carbons (Fsp3) is 0.500. The maximum Gasteiger partial charge on any atom is 0.326 e. The topological polar surface area (TPSA) is 113 Å². The largest absolute Gasteiger partial charge is 0.480 e. The van der Waals surface area contributed by atoms with Crippen LogP contribution in [-0.4, -0.2) is 52.2 Å². The Morgan fingerprint density at radius 3 is 2.74 bits per heavy atom. The van der Waals surface area contributed by atoms with Crippen molar-refractivity contribution in [2.45, 2.75) is 57.1 Å². The van der Waals surface area contributed by atoms with Crippen LogP contribution in [-0.2, 0) is 22.4 Å². The lowest BCUT2D eigenvalue weighted by molar-refractivity contribution is -0.140. The molecule has 0 saturated heterocycles. The fourth-order valence-corrected chi connectivity index (χ4v) is 4.91. The average molecular weight is 507 g/mol. The van der Waals surface area contributed by atoms with E-state index in [9.17, 15) is 14.7 Å². The van der Waals surface area contributed by atoms with Crippen molar-refractivity contribution in [3.05, 3.63) is 51.4 Å². The number of hydrogen-bond donors (Lipinski definition) is 3. The van der Waals surface area contributed by atoms with Crippen molar-refractivity contribution in [2.75, 3.05) is 18.5 Å². The van der Waals surface area contributed by atoms with E-state index in [0.717, 1.165) is 56.6 Å². The summed E-state index contributed by atoms with van der Waals surface area (Å²) in [5.74, 6) is -0.176. The third-order valence-electron chi connectivity index (χ3n) is 6.40. The molecule has 0 unspecified atom stereocenters. The molecule has 2 aromatic heterocycles. The molecule has 4 rings (SSSR count). The Morgan fingerprint density at radius 2 is 2.00 bits per heavy atom. The summed E-state index contributed by atoms with van der Waals surface area (Å²) in [4.78, 5) is 32.6. The smallest absolute Gasteiger partial charge is 0.326 e. The van der Waals surface area contributed by atoms with Crippen molar-refractivity contribution >= 4 is 40.9 Å². The Bertz CT molecular complexity index is 1030. The van der Waals surface area contributed by atoms with Crippen LogP contribution in [0.2, 0.25) is 10.0 Å². The van der Waals surface area contributed by atoms with E-state index < -0.39 is 17.9 Å². The number of carboxylic acid groups (broad SMARTS) is 1. The number of aryl methyl sites for hydroxylation is 2. The molecule has 0 aromatic carbocycles. The number of rotatable bonds is 10. The number of halogens is 2. The molecule has 3 N–H and O–H groups in total. The van der Waals surface area contributed by atoms with Crippen LogP contribution in [0.25, 0.3) is 0 Å². The van der Waals surface area contributed by atoms with Gasteiger partial charge in [0.25, 0.3) is 5.91 Å². The molecule has 1 amide bonds. The molecule has 34 heavy (non-hydrogen) atoms. The summed E-state index contributed by atoms with van der Waals surface area (Å²) in [6.07, 6.45) is 9.00. The number of nitrogens with zero attached hydrogens (tertiary/aromatic N) is 2. The van der Waals surface area contributed by atoms with Crippen molar-refractivity contribution in [1.29, 1.82) is 0 Å². The average Bonchev–Trinajstić information content (AvgIpc) is 2.78. The monoisotopic (exact) mass is 506 g/mol. The Morgan fingerprint density at radius 1 is 1.24 bits per heavy atom. The highest BCUT2D eigenvalue weighted by Gasteiger charge is 2.30. The minimum Gasteiger partial charge on any atom is -0.480 e. The number of ether oxygens (including phenoxy) is 1. The number of aliphatic carboxylic acids is 1. The molecule has 10 heteroatoms. The summed E-state index contributed by atoms with van der Waals surface area (Å²) in [5.41, 5.74) is 2.43. The molecule has 1 atom stereocenters. The highest BCUT2D eigenvalue weighted by atomic mass is 35.5. The normalized spacial score (nSPS) is 19.9. The molecule has 8 nitrogen and oxygen atoms in total. The highest BCUT2D eigenvalue weighted by molar-refractivity contribution is 6.39. The minimum absolute atomic E-state index is 0.0107. The second-order valence-electron chi connectivity index (χ2n) is 8.84. The molecule has 1 fully saturated rings. The van der Waals surface area contributed by atoms with Crippen LogP contribution < -0.4 is 10.6 Å².